The van der Waals surface area contributed by atoms with Crippen molar-refractivity contribution in [1.82, 2.24) is 20.2 Å². The van der Waals surface area contributed by atoms with Crippen LogP contribution in [0.1, 0.15) is 16.7 Å². The highest BCUT2D eigenvalue weighted by Crippen LogP contribution is 2.29. The van der Waals surface area contributed by atoms with Crippen molar-refractivity contribution < 1.29 is 14.3 Å². The van der Waals surface area contributed by atoms with E-state index in [0.717, 1.165) is 27.9 Å². The molecule has 206 valence electrons. The molecule has 0 unspecified atom stereocenters. The van der Waals surface area contributed by atoms with Crippen molar-refractivity contribution in [3.05, 3.63) is 120 Å². The van der Waals surface area contributed by atoms with Gasteiger partial charge in [-0.2, -0.15) is 5.10 Å². The van der Waals surface area contributed by atoms with Crippen molar-refractivity contribution >= 4 is 23.9 Å². The van der Waals surface area contributed by atoms with E-state index in [-0.39, 0.29) is 11.7 Å². The number of thioether (sulfide) groups is 1. The molecule has 0 saturated heterocycles. The number of carbonyl (C=O) groups is 1. The first kappa shape index (κ1) is 27.7. The van der Waals surface area contributed by atoms with Crippen LogP contribution >= 0.6 is 11.8 Å². The monoisotopic (exact) mass is 563 g/mol. The van der Waals surface area contributed by atoms with Crippen molar-refractivity contribution in [3.63, 3.8) is 0 Å². The van der Waals surface area contributed by atoms with Gasteiger partial charge in [-0.05, 0) is 48.4 Å². The number of benzene rings is 4. The second kappa shape index (κ2) is 13.5. The number of carbonyl (C=O) groups excluding carboxylic acids is 1. The zero-order valence-electron chi connectivity index (χ0n) is 22.7. The summed E-state index contributed by atoms with van der Waals surface area (Å²) >= 11 is 1.29. The van der Waals surface area contributed by atoms with Crippen molar-refractivity contribution in [2.45, 2.75) is 18.7 Å². The zero-order valence-corrected chi connectivity index (χ0v) is 23.5. The van der Waals surface area contributed by atoms with Crippen LogP contribution in [0.3, 0.4) is 0 Å². The Morgan fingerprint density at radius 2 is 1.66 bits per heavy atom. The summed E-state index contributed by atoms with van der Waals surface area (Å²) in [4.78, 5) is 12.6. The van der Waals surface area contributed by atoms with Crippen molar-refractivity contribution in [3.8, 4) is 28.6 Å². The number of aryl methyl sites for hydroxylation is 1. The van der Waals surface area contributed by atoms with E-state index < -0.39 is 0 Å². The topological polar surface area (TPSA) is 90.6 Å². The summed E-state index contributed by atoms with van der Waals surface area (Å²) in [6.45, 7) is 2.47. The maximum atomic E-state index is 12.6. The van der Waals surface area contributed by atoms with Crippen molar-refractivity contribution in [2.75, 3.05) is 12.9 Å². The Morgan fingerprint density at radius 1 is 0.927 bits per heavy atom. The quantitative estimate of drug-likeness (QED) is 0.119. The van der Waals surface area contributed by atoms with Gasteiger partial charge in [-0.3, -0.25) is 9.36 Å². The largest absolute Gasteiger partial charge is 0.493 e. The van der Waals surface area contributed by atoms with Crippen LogP contribution in [0.5, 0.6) is 11.5 Å². The van der Waals surface area contributed by atoms with Crippen LogP contribution in [-0.2, 0) is 11.4 Å². The van der Waals surface area contributed by atoms with Gasteiger partial charge < -0.3 is 9.47 Å². The predicted molar refractivity (Wildman–Crippen MR) is 162 cm³/mol. The predicted octanol–water partition coefficient (Wildman–Crippen LogP) is 6.07. The minimum atomic E-state index is -0.263. The smallest absolute Gasteiger partial charge is 0.250 e. The molecule has 4 aromatic carbocycles. The molecule has 0 aliphatic carbocycles. The van der Waals surface area contributed by atoms with E-state index in [1.54, 1.807) is 19.4 Å². The van der Waals surface area contributed by atoms with E-state index in [1.807, 2.05) is 109 Å². The molecule has 0 fully saturated rings. The Morgan fingerprint density at radius 3 is 2.39 bits per heavy atom. The molecule has 1 N–H and O–H groups in total. The van der Waals surface area contributed by atoms with E-state index in [4.69, 9.17) is 9.47 Å². The number of rotatable bonds is 11. The Balaban J connectivity index is 1.22. The average Bonchev–Trinajstić information content (AvgIpc) is 3.44. The first-order chi connectivity index (χ1) is 20.1. The number of hydrazone groups is 1. The lowest BCUT2D eigenvalue weighted by Crippen LogP contribution is -2.20. The maximum absolute atomic E-state index is 12.6. The number of methoxy groups -OCH3 is 1. The summed E-state index contributed by atoms with van der Waals surface area (Å²) in [5.41, 5.74) is 7.42. The number of nitrogens with one attached hydrogen (secondary N) is 1. The van der Waals surface area contributed by atoms with Crippen LogP contribution in [0.2, 0.25) is 0 Å². The van der Waals surface area contributed by atoms with Gasteiger partial charge in [0.2, 0.25) is 0 Å². The molecule has 1 heterocycles. The average molecular weight is 564 g/mol. The highest BCUT2D eigenvalue weighted by atomic mass is 32.2. The first-order valence-corrected chi connectivity index (χ1v) is 14.0. The second-order valence-electron chi connectivity index (χ2n) is 9.11. The molecular weight excluding hydrogens is 534 g/mol. The van der Waals surface area contributed by atoms with Crippen molar-refractivity contribution in [2.24, 2.45) is 5.10 Å². The molecule has 5 rings (SSSR count). The minimum absolute atomic E-state index is 0.117. The number of amides is 1. The number of nitrogens with zero attached hydrogens (tertiary/aromatic N) is 4. The van der Waals surface area contributed by atoms with Gasteiger partial charge in [0.15, 0.2) is 22.5 Å². The lowest BCUT2D eigenvalue weighted by molar-refractivity contribution is -0.118. The molecule has 9 heteroatoms. The van der Waals surface area contributed by atoms with Gasteiger partial charge in [-0.1, -0.05) is 90.1 Å². The standard InChI is InChI=1S/C32H29N5O3S/c1-23-13-16-27(17-14-23)37-31(26-11-7-4-8-12-26)35-36-32(37)41-22-30(38)34-33-20-25-15-18-28(29(19-25)39-2)40-21-24-9-5-3-6-10-24/h3-20H,21-22H2,1-2H3,(H,34,38). The van der Waals surface area contributed by atoms with Gasteiger partial charge in [0.25, 0.3) is 5.91 Å². The molecule has 1 amide bonds. The lowest BCUT2D eigenvalue weighted by Gasteiger charge is -2.11. The Hall–Kier alpha value is -4.89. The molecule has 0 aliphatic rings. The van der Waals surface area contributed by atoms with Gasteiger partial charge in [-0.25, -0.2) is 5.43 Å². The second-order valence-corrected chi connectivity index (χ2v) is 10.1. The Labute approximate surface area is 243 Å². The summed E-state index contributed by atoms with van der Waals surface area (Å²) < 4.78 is 13.4. The number of hydrogen-bond acceptors (Lipinski definition) is 7. The van der Waals surface area contributed by atoms with E-state index in [2.05, 4.69) is 20.7 Å². The van der Waals surface area contributed by atoms with E-state index in [9.17, 15) is 4.79 Å². The van der Waals surface area contributed by atoms with Crippen LogP contribution in [0, 0.1) is 6.92 Å². The van der Waals surface area contributed by atoms with Gasteiger partial charge in [-0.15, -0.1) is 10.2 Å². The highest BCUT2D eigenvalue weighted by Gasteiger charge is 2.17. The van der Waals surface area contributed by atoms with Crippen molar-refractivity contribution in [1.29, 1.82) is 0 Å². The van der Waals surface area contributed by atoms with Gasteiger partial charge in [0.05, 0.1) is 19.1 Å². The van der Waals surface area contributed by atoms with Crippen LogP contribution in [0.25, 0.3) is 17.1 Å². The third-order valence-electron chi connectivity index (χ3n) is 6.12. The van der Waals surface area contributed by atoms with E-state index >= 15 is 0 Å². The van der Waals surface area contributed by atoms with Crippen LogP contribution in [0.15, 0.2) is 113 Å². The summed E-state index contributed by atoms with van der Waals surface area (Å²) in [5, 5.41) is 13.5. The van der Waals surface area contributed by atoms with Crippen LogP contribution in [-0.4, -0.2) is 39.7 Å². The summed E-state index contributed by atoms with van der Waals surface area (Å²) in [7, 11) is 1.59. The van der Waals surface area contributed by atoms with Crippen LogP contribution < -0.4 is 14.9 Å². The molecule has 41 heavy (non-hydrogen) atoms. The molecule has 8 nitrogen and oxygen atoms in total. The molecule has 0 aliphatic heterocycles. The number of aromatic nitrogens is 3. The normalized spacial score (nSPS) is 11.0. The number of ether oxygens (including phenoxy) is 2. The highest BCUT2D eigenvalue weighted by molar-refractivity contribution is 7.99. The fourth-order valence-corrected chi connectivity index (χ4v) is 4.77. The third kappa shape index (κ3) is 7.20. The van der Waals surface area contributed by atoms with Gasteiger partial charge in [0, 0.05) is 11.3 Å². The summed E-state index contributed by atoms with van der Waals surface area (Å²) in [6.07, 6.45) is 1.56. The zero-order chi connectivity index (χ0) is 28.4. The molecule has 0 bridgehead atoms. The Bertz CT molecular complexity index is 1620. The number of hydrogen-bond donors (Lipinski definition) is 1. The molecule has 0 atom stereocenters. The fourth-order valence-electron chi connectivity index (χ4n) is 4.02. The molecule has 5 aromatic rings. The molecule has 1 aromatic heterocycles. The SMILES string of the molecule is COc1cc(C=NNC(=O)CSc2nnc(-c3ccccc3)n2-c2ccc(C)cc2)ccc1OCc1ccccc1. The van der Waals surface area contributed by atoms with Gasteiger partial charge in [0.1, 0.15) is 6.61 Å². The van der Waals surface area contributed by atoms with Crippen LogP contribution in [0.4, 0.5) is 0 Å². The third-order valence-corrected chi connectivity index (χ3v) is 7.05. The summed E-state index contributed by atoms with van der Waals surface area (Å²) in [5.74, 6) is 1.77. The first-order valence-electron chi connectivity index (χ1n) is 13.0. The molecule has 0 radical (unpaired) electrons. The molecule has 0 spiro atoms. The van der Waals surface area contributed by atoms with E-state index in [0.29, 0.717) is 29.1 Å². The Kier molecular flexibility index (Phi) is 9.08. The summed E-state index contributed by atoms with van der Waals surface area (Å²) in [6, 6.07) is 33.4. The molecule has 0 saturated carbocycles. The van der Waals surface area contributed by atoms with E-state index in [1.165, 1.54) is 11.8 Å². The molecular formula is C32H29N5O3S. The lowest BCUT2D eigenvalue weighted by atomic mass is 10.2. The van der Waals surface area contributed by atoms with Gasteiger partial charge >= 0.3 is 0 Å². The maximum Gasteiger partial charge on any atom is 0.250 e. The fraction of sp³-hybridized carbons (Fsp3) is 0.125. The minimum Gasteiger partial charge on any atom is -0.493 e.